The fraction of sp³-hybridized carbons (Fsp3) is 0.444. The topological polar surface area (TPSA) is 105 Å². The molecule has 34 heavy (non-hydrogen) atoms. The van der Waals surface area contributed by atoms with Crippen molar-refractivity contribution in [1.29, 1.82) is 0 Å². The van der Waals surface area contributed by atoms with Gasteiger partial charge >= 0.3 is 12.1 Å². The lowest BCUT2D eigenvalue weighted by atomic mass is 9.78. The number of carboxylic acid groups (broad SMARTS) is 1. The van der Waals surface area contributed by atoms with E-state index in [1.54, 1.807) is 0 Å². The van der Waals surface area contributed by atoms with E-state index in [1.807, 2.05) is 24.3 Å². The van der Waals surface area contributed by atoms with E-state index in [9.17, 15) is 19.5 Å². The lowest BCUT2D eigenvalue weighted by Crippen LogP contribution is -2.49. The monoisotopic (exact) mass is 462 g/mol. The van der Waals surface area contributed by atoms with Crippen LogP contribution < -0.4 is 10.6 Å². The van der Waals surface area contributed by atoms with E-state index < -0.39 is 17.5 Å². The van der Waals surface area contributed by atoms with Gasteiger partial charge in [-0.05, 0) is 53.9 Å². The van der Waals surface area contributed by atoms with E-state index in [4.69, 9.17) is 4.74 Å². The quantitative estimate of drug-likeness (QED) is 0.521. The van der Waals surface area contributed by atoms with Crippen LogP contribution in [0.15, 0.2) is 48.5 Å². The number of hydrogen-bond acceptors (Lipinski definition) is 4. The third-order valence-corrected chi connectivity index (χ3v) is 7.68. The summed E-state index contributed by atoms with van der Waals surface area (Å²) in [6.07, 6.45) is 3.71. The first kappa shape index (κ1) is 22.4. The summed E-state index contributed by atoms with van der Waals surface area (Å²) in [5.41, 5.74) is 3.97. The van der Waals surface area contributed by atoms with Gasteiger partial charge in [-0.3, -0.25) is 9.59 Å². The van der Waals surface area contributed by atoms with Gasteiger partial charge in [-0.2, -0.15) is 0 Å². The van der Waals surface area contributed by atoms with Gasteiger partial charge in [0, 0.05) is 18.5 Å². The highest BCUT2D eigenvalue weighted by Gasteiger charge is 2.51. The van der Waals surface area contributed by atoms with Gasteiger partial charge in [0.15, 0.2) is 0 Å². The van der Waals surface area contributed by atoms with E-state index in [0.717, 1.165) is 30.4 Å². The molecule has 2 aromatic carbocycles. The molecule has 1 unspecified atom stereocenters. The predicted molar refractivity (Wildman–Crippen MR) is 126 cm³/mol. The molecule has 0 radical (unpaired) electrons. The van der Waals surface area contributed by atoms with Crippen LogP contribution in [0.25, 0.3) is 11.1 Å². The van der Waals surface area contributed by atoms with Crippen molar-refractivity contribution in [2.75, 3.05) is 13.2 Å². The second-order valence-electron chi connectivity index (χ2n) is 9.83. The van der Waals surface area contributed by atoms with Gasteiger partial charge in [0.1, 0.15) is 6.61 Å². The van der Waals surface area contributed by atoms with Crippen LogP contribution in [0, 0.1) is 11.3 Å². The number of aliphatic carboxylic acids is 1. The molecule has 5 rings (SSSR count). The Balaban J connectivity index is 1.15. The predicted octanol–water partition coefficient (Wildman–Crippen LogP) is 4.06. The molecule has 0 saturated heterocycles. The summed E-state index contributed by atoms with van der Waals surface area (Å²) in [4.78, 5) is 36.7. The first-order valence-electron chi connectivity index (χ1n) is 12.1. The Morgan fingerprint density at radius 3 is 2.15 bits per heavy atom. The van der Waals surface area contributed by atoms with Gasteiger partial charge in [-0.15, -0.1) is 0 Å². The maximum absolute atomic E-state index is 12.9. The number of nitrogens with one attached hydrogen (secondary N) is 2. The van der Waals surface area contributed by atoms with Crippen molar-refractivity contribution in [2.24, 2.45) is 11.3 Å². The van der Waals surface area contributed by atoms with Crippen LogP contribution in [-0.4, -0.2) is 42.3 Å². The van der Waals surface area contributed by atoms with Crippen LogP contribution in [0.4, 0.5) is 4.79 Å². The van der Waals surface area contributed by atoms with Gasteiger partial charge in [0.05, 0.1) is 11.8 Å². The van der Waals surface area contributed by atoms with E-state index >= 15 is 0 Å². The molecule has 3 N–H and O–H groups in total. The number of rotatable bonds is 9. The number of alkyl carbamates (subject to hydrolysis) is 1. The zero-order valence-electron chi connectivity index (χ0n) is 19.1. The maximum Gasteiger partial charge on any atom is 0.407 e. The molecule has 3 aliphatic rings. The summed E-state index contributed by atoms with van der Waals surface area (Å²) in [7, 11) is 0. The third kappa shape index (κ3) is 4.39. The van der Waals surface area contributed by atoms with Crippen LogP contribution in [-0.2, 0) is 14.3 Å². The average Bonchev–Trinajstić information content (AvgIpc) is 3.52. The second kappa shape index (κ2) is 9.12. The van der Waals surface area contributed by atoms with Crippen LogP contribution in [0.3, 0.4) is 0 Å². The molecule has 2 saturated carbocycles. The summed E-state index contributed by atoms with van der Waals surface area (Å²) >= 11 is 0. The van der Waals surface area contributed by atoms with Gasteiger partial charge in [0.25, 0.3) is 0 Å². The molecular weight excluding hydrogens is 432 g/mol. The Bertz CT molecular complexity index is 1060. The molecule has 2 aromatic rings. The third-order valence-electron chi connectivity index (χ3n) is 7.68. The number of hydrogen-bond donors (Lipinski definition) is 3. The van der Waals surface area contributed by atoms with Gasteiger partial charge in [-0.25, -0.2) is 4.79 Å². The molecule has 7 nitrogen and oxygen atoms in total. The van der Waals surface area contributed by atoms with Crippen molar-refractivity contribution in [3.63, 3.8) is 0 Å². The normalized spacial score (nSPS) is 18.7. The van der Waals surface area contributed by atoms with Crippen molar-refractivity contribution in [1.82, 2.24) is 10.6 Å². The Morgan fingerprint density at radius 1 is 1.00 bits per heavy atom. The zero-order valence-corrected chi connectivity index (χ0v) is 19.1. The molecule has 0 aromatic heterocycles. The highest BCUT2D eigenvalue weighted by molar-refractivity contribution is 5.87. The van der Waals surface area contributed by atoms with E-state index in [1.165, 1.54) is 11.1 Å². The molecule has 0 spiro atoms. The van der Waals surface area contributed by atoms with Gasteiger partial charge < -0.3 is 20.5 Å². The molecule has 0 heterocycles. The van der Waals surface area contributed by atoms with Gasteiger partial charge in [0.2, 0.25) is 5.91 Å². The number of ether oxygens (including phenoxy) is 1. The highest BCUT2D eigenvalue weighted by Crippen LogP contribution is 2.46. The number of carbonyl (C=O) groups excluding carboxylic acids is 2. The first-order chi connectivity index (χ1) is 16.5. The van der Waals surface area contributed by atoms with Crippen molar-refractivity contribution < 1.29 is 24.2 Å². The number of amides is 2. The van der Waals surface area contributed by atoms with Crippen molar-refractivity contribution in [2.45, 2.75) is 50.5 Å². The summed E-state index contributed by atoms with van der Waals surface area (Å²) < 4.78 is 5.58. The molecule has 2 amide bonds. The molecule has 7 heteroatoms. The minimum atomic E-state index is -0.904. The second-order valence-corrected chi connectivity index (χ2v) is 9.83. The molecule has 0 aliphatic heterocycles. The van der Waals surface area contributed by atoms with Gasteiger partial charge in [-0.1, -0.05) is 55.0 Å². The molecule has 178 valence electrons. The van der Waals surface area contributed by atoms with E-state index in [-0.39, 0.29) is 43.4 Å². The average molecular weight is 463 g/mol. The smallest absolute Gasteiger partial charge is 0.407 e. The Hall–Kier alpha value is -3.35. The Kier molecular flexibility index (Phi) is 6.02. The summed E-state index contributed by atoms with van der Waals surface area (Å²) in [6.45, 7) is 0.418. The summed E-state index contributed by atoms with van der Waals surface area (Å²) in [5.74, 6) is -0.857. The van der Waals surface area contributed by atoms with Crippen LogP contribution >= 0.6 is 0 Å². The molecule has 1 atom stereocenters. The van der Waals surface area contributed by atoms with Crippen molar-refractivity contribution in [3.8, 4) is 11.1 Å². The number of carboxylic acids is 1. The minimum Gasteiger partial charge on any atom is -0.481 e. The molecule has 2 fully saturated rings. The minimum absolute atomic E-state index is 0.0180. The van der Waals surface area contributed by atoms with Crippen LogP contribution in [0.5, 0.6) is 0 Å². The number of benzene rings is 2. The maximum atomic E-state index is 12.9. The lowest BCUT2D eigenvalue weighted by molar-refractivity contribution is -0.138. The van der Waals surface area contributed by atoms with E-state index in [2.05, 4.69) is 34.9 Å². The summed E-state index contributed by atoms with van der Waals surface area (Å²) in [5, 5.41) is 14.9. The standard InChI is InChI=1S/C27H30N2O5/c30-24(31)14-23(17-6-5-7-17)29-25(32)27(12-13-27)16-28-26(33)34-15-22-20-10-3-1-8-18(20)19-9-2-4-11-21(19)22/h1-4,8-11,17,22-23H,5-7,12-16H2,(H,28,33)(H,29,32)(H,30,31). The van der Waals surface area contributed by atoms with Crippen molar-refractivity contribution in [3.05, 3.63) is 59.7 Å². The molecular formula is C27H30N2O5. The molecule has 3 aliphatic carbocycles. The van der Waals surface area contributed by atoms with E-state index in [0.29, 0.717) is 12.8 Å². The Morgan fingerprint density at radius 2 is 1.62 bits per heavy atom. The lowest BCUT2D eigenvalue weighted by Gasteiger charge is -2.34. The zero-order chi connectivity index (χ0) is 23.7. The Labute approximate surface area is 198 Å². The van der Waals surface area contributed by atoms with Crippen molar-refractivity contribution >= 4 is 18.0 Å². The summed E-state index contributed by atoms with van der Waals surface area (Å²) in [6, 6.07) is 16.0. The SMILES string of the molecule is O=C(O)CC(NC(=O)C1(CNC(=O)OCC2c3ccccc3-c3ccccc32)CC1)C1CCC1. The fourth-order valence-corrected chi connectivity index (χ4v) is 5.21. The number of carbonyl (C=O) groups is 3. The van der Waals surface area contributed by atoms with Crippen LogP contribution in [0.1, 0.15) is 55.6 Å². The highest BCUT2D eigenvalue weighted by atomic mass is 16.5. The van der Waals surface area contributed by atoms with Crippen LogP contribution in [0.2, 0.25) is 0 Å². The largest absolute Gasteiger partial charge is 0.481 e. The first-order valence-corrected chi connectivity index (χ1v) is 12.1. The fourth-order valence-electron chi connectivity index (χ4n) is 5.21. The molecule has 0 bridgehead atoms. The number of fused-ring (bicyclic) bond motifs is 3.